The van der Waals surface area contributed by atoms with E-state index in [1.807, 2.05) is 0 Å². The second kappa shape index (κ2) is 7.83. The Kier molecular flexibility index (Phi) is 6.42. The summed E-state index contributed by atoms with van der Waals surface area (Å²) >= 11 is 0. The van der Waals surface area contributed by atoms with Crippen LogP contribution in [0.4, 0.5) is 11.4 Å². The van der Waals surface area contributed by atoms with Gasteiger partial charge >= 0.3 is 5.69 Å². The first kappa shape index (κ1) is 17.2. The highest BCUT2D eigenvalue weighted by Gasteiger charge is 2.15. The third kappa shape index (κ3) is 4.90. The van der Waals surface area contributed by atoms with Crippen LogP contribution in [0.5, 0.6) is 5.75 Å². The van der Waals surface area contributed by atoms with Crippen molar-refractivity contribution in [1.29, 1.82) is 0 Å². The number of anilines is 1. The lowest BCUT2D eigenvalue weighted by Gasteiger charge is -2.30. The monoisotopic (exact) mass is 295 g/mol. The molecule has 0 aromatic heterocycles. The molecule has 118 valence electrons. The van der Waals surface area contributed by atoms with E-state index in [1.54, 1.807) is 12.1 Å². The van der Waals surface area contributed by atoms with E-state index in [1.165, 1.54) is 13.2 Å². The minimum absolute atomic E-state index is 0.0194. The summed E-state index contributed by atoms with van der Waals surface area (Å²) in [5, 5.41) is 14.1. The number of nitro benzene ring substituents is 1. The molecular weight excluding hydrogens is 270 g/mol. The lowest BCUT2D eigenvalue weighted by atomic mass is 10.2. The first-order valence-corrected chi connectivity index (χ1v) is 7.18. The van der Waals surface area contributed by atoms with Crippen molar-refractivity contribution in [3.8, 4) is 5.75 Å². The molecule has 0 saturated heterocycles. The molecule has 1 N–H and O–H groups in total. The summed E-state index contributed by atoms with van der Waals surface area (Å²) in [6, 6.07) is 5.80. The Hall–Kier alpha value is -1.82. The summed E-state index contributed by atoms with van der Waals surface area (Å²) in [6.07, 6.45) is 0. The summed E-state index contributed by atoms with van der Waals surface area (Å²) < 4.78 is 5.06. The number of nitrogens with one attached hydrogen (secondary N) is 1. The molecule has 0 spiro atoms. The van der Waals surface area contributed by atoms with Crippen LogP contribution in [-0.2, 0) is 0 Å². The first-order valence-electron chi connectivity index (χ1n) is 7.18. The summed E-state index contributed by atoms with van der Waals surface area (Å²) in [5.41, 5.74) is 0.805. The number of ether oxygens (including phenoxy) is 1. The summed E-state index contributed by atoms with van der Waals surface area (Å²) in [7, 11) is 1.44. The molecule has 1 aromatic rings. The van der Waals surface area contributed by atoms with E-state index in [-0.39, 0.29) is 11.4 Å². The smallest absolute Gasteiger partial charge is 0.311 e. The minimum atomic E-state index is -0.443. The van der Waals surface area contributed by atoms with Gasteiger partial charge in [-0.1, -0.05) is 0 Å². The Morgan fingerprint density at radius 2 is 1.90 bits per heavy atom. The lowest BCUT2D eigenvalue weighted by Crippen LogP contribution is -2.40. The predicted octanol–water partition coefficient (Wildman–Crippen LogP) is 3.13. The number of nitro groups is 1. The molecule has 0 bridgehead atoms. The van der Waals surface area contributed by atoms with Crippen molar-refractivity contribution < 1.29 is 9.66 Å². The molecule has 0 heterocycles. The highest BCUT2D eigenvalue weighted by Crippen LogP contribution is 2.29. The van der Waals surface area contributed by atoms with Gasteiger partial charge in [-0.2, -0.15) is 0 Å². The Labute approximate surface area is 126 Å². The number of benzene rings is 1. The molecule has 1 rings (SSSR count). The van der Waals surface area contributed by atoms with E-state index in [9.17, 15) is 10.1 Å². The van der Waals surface area contributed by atoms with E-state index in [0.29, 0.717) is 12.1 Å². The Bertz CT molecular complexity index is 467. The van der Waals surface area contributed by atoms with Gasteiger partial charge in [-0.3, -0.25) is 15.0 Å². The van der Waals surface area contributed by atoms with Gasteiger partial charge in [-0.25, -0.2) is 0 Å². The van der Waals surface area contributed by atoms with Crippen molar-refractivity contribution in [1.82, 2.24) is 4.90 Å². The van der Waals surface area contributed by atoms with Crippen LogP contribution < -0.4 is 10.1 Å². The Balaban J connectivity index is 2.66. The van der Waals surface area contributed by atoms with Crippen LogP contribution in [0, 0.1) is 10.1 Å². The quantitative estimate of drug-likeness (QED) is 0.589. The molecule has 21 heavy (non-hydrogen) atoms. The molecule has 0 atom stereocenters. The minimum Gasteiger partial charge on any atom is -0.490 e. The van der Waals surface area contributed by atoms with Gasteiger partial charge in [-0.05, 0) is 33.8 Å². The molecule has 0 aliphatic heterocycles. The molecule has 6 nitrogen and oxygen atoms in total. The topological polar surface area (TPSA) is 67.6 Å². The normalized spacial score (nSPS) is 11.2. The molecule has 0 aliphatic carbocycles. The highest BCUT2D eigenvalue weighted by atomic mass is 16.6. The summed E-state index contributed by atoms with van der Waals surface area (Å²) in [5.74, 6) is 0.273. The average molecular weight is 295 g/mol. The van der Waals surface area contributed by atoms with E-state index >= 15 is 0 Å². The van der Waals surface area contributed by atoms with Crippen molar-refractivity contribution >= 4 is 11.4 Å². The Morgan fingerprint density at radius 1 is 1.29 bits per heavy atom. The van der Waals surface area contributed by atoms with Gasteiger partial charge < -0.3 is 10.1 Å². The fraction of sp³-hybridized carbons (Fsp3) is 0.600. The third-order valence-electron chi connectivity index (χ3n) is 3.40. The molecule has 1 aromatic carbocycles. The third-order valence-corrected chi connectivity index (χ3v) is 3.40. The molecule has 0 aliphatic rings. The fourth-order valence-electron chi connectivity index (χ4n) is 2.38. The molecule has 0 radical (unpaired) electrons. The van der Waals surface area contributed by atoms with Crippen LogP contribution in [0.15, 0.2) is 18.2 Å². The standard InChI is InChI=1S/C15H25N3O3/c1-11(2)17(12(3)4)9-8-16-13-6-7-14(18(19)20)15(10-13)21-5/h6-7,10-12,16H,8-9H2,1-5H3. The van der Waals surface area contributed by atoms with Gasteiger partial charge in [0.1, 0.15) is 0 Å². The fourth-order valence-corrected chi connectivity index (χ4v) is 2.38. The number of hydrogen-bond donors (Lipinski definition) is 1. The summed E-state index contributed by atoms with van der Waals surface area (Å²) in [6.45, 7) is 10.4. The molecule has 6 heteroatoms. The maximum absolute atomic E-state index is 10.8. The molecular formula is C15H25N3O3. The van der Waals surface area contributed by atoms with Gasteiger partial charge in [0.2, 0.25) is 0 Å². The largest absolute Gasteiger partial charge is 0.490 e. The van der Waals surface area contributed by atoms with Crippen LogP contribution in [0.2, 0.25) is 0 Å². The first-order chi connectivity index (χ1) is 9.86. The van der Waals surface area contributed by atoms with E-state index < -0.39 is 4.92 Å². The van der Waals surface area contributed by atoms with Crippen LogP contribution in [0.3, 0.4) is 0 Å². The lowest BCUT2D eigenvalue weighted by molar-refractivity contribution is -0.385. The van der Waals surface area contributed by atoms with Crippen molar-refractivity contribution in [2.45, 2.75) is 39.8 Å². The van der Waals surface area contributed by atoms with Crippen molar-refractivity contribution in [3.05, 3.63) is 28.3 Å². The second-order valence-corrected chi connectivity index (χ2v) is 5.50. The molecule has 0 unspecified atom stereocenters. The number of hydrogen-bond acceptors (Lipinski definition) is 5. The zero-order valence-electron chi connectivity index (χ0n) is 13.4. The zero-order valence-corrected chi connectivity index (χ0v) is 13.4. The van der Waals surface area contributed by atoms with Crippen LogP contribution >= 0.6 is 0 Å². The van der Waals surface area contributed by atoms with Crippen LogP contribution in [-0.4, -0.2) is 42.1 Å². The van der Waals surface area contributed by atoms with Crippen molar-refractivity contribution in [3.63, 3.8) is 0 Å². The van der Waals surface area contributed by atoms with Crippen LogP contribution in [0.25, 0.3) is 0 Å². The van der Waals surface area contributed by atoms with Crippen molar-refractivity contribution in [2.24, 2.45) is 0 Å². The summed E-state index contributed by atoms with van der Waals surface area (Å²) in [4.78, 5) is 12.8. The van der Waals surface area contributed by atoms with Crippen LogP contribution in [0.1, 0.15) is 27.7 Å². The SMILES string of the molecule is COc1cc(NCCN(C(C)C)C(C)C)ccc1[N+](=O)[O-]. The maximum atomic E-state index is 10.8. The predicted molar refractivity (Wildman–Crippen MR) is 85.1 cm³/mol. The molecule has 0 fully saturated rings. The second-order valence-electron chi connectivity index (χ2n) is 5.50. The van der Waals surface area contributed by atoms with Gasteiger partial charge in [0.05, 0.1) is 12.0 Å². The maximum Gasteiger partial charge on any atom is 0.311 e. The van der Waals surface area contributed by atoms with E-state index in [0.717, 1.165) is 18.8 Å². The highest BCUT2D eigenvalue weighted by molar-refractivity contribution is 5.57. The Morgan fingerprint density at radius 3 is 2.38 bits per heavy atom. The molecule has 0 amide bonds. The number of methoxy groups -OCH3 is 1. The number of rotatable bonds is 8. The van der Waals surface area contributed by atoms with E-state index in [4.69, 9.17) is 4.74 Å². The van der Waals surface area contributed by atoms with Gasteiger partial charge in [0, 0.05) is 43.0 Å². The average Bonchev–Trinajstić information content (AvgIpc) is 2.42. The van der Waals surface area contributed by atoms with Gasteiger partial charge in [0.15, 0.2) is 5.75 Å². The molecule has 0 saturated carbocycles. The van der Waals surface area contributed by atoms with Crippen molar-refractivity contribution in [2.75, 3.05) is 25.5 Å². The van der Waals surface area contributed by atoms with Gasteiger partial charge in [0.25, 0.3) is 0 Å². The zero-order chi connectivity index (χ0) is 16.0. The van der Waals surface area contributed by atoms with E-state index in [2.05, 4.69) is 37.9 Å². The van der Waals surface area contributed by atoms with Gasteiger partial charge in [-0.15, -0.1) is 0 Å². The number of nitrogens with zero attached hydrogens (tertiary/aromatic N) is 2.